The van der Waals surface area contributed by atoms with Crippen molar-refractivity contribution >= 4 is 24.6 Å². The molecule has 2 fully saturated rings. The highest BCUT2D eigenvalue weighted by Crippen LogP contribution is 2.36. The number of carbonyl (C=O) groups excluding carboxylic acids is 2. The first-order valence-electron chi connectivity index (χ1n) is 13.2. The molecule has 3 heterocycles. The summed E-state index contributed by atoms with van der Waals surface area (Å²) in [6, 6.07) is -0.606. The normalized spacial score (nSPS) is 22.1. The third-order valence-corrected chi connectivity index (χ3v) is 7.09. The third-order valence-electron chi connectivity index (χ3n) is 7.09. The van der Waals surface area contributed by atoms with Gasteiger partial charge in [0.1, 0.15) is 18.2 Å². The van der Waals surface area contributed by atoms with E-state index in [1.807, 2.05) is 46.4 Å². The van der Waals surface area contributed by atoms with Crippen LogP contribution in [0.15, 0.2) is 12.4 Å². The molecule has 1 aromatic heterocycles. The van der Waals surface area contributed by atoms with Gasteiger partial charge in [0.2, 0.25) is 5.91 Å². The fourth-order valence-corrected chi connectivity index (χ4v) is 4.26. The van der Waals surface area contributed by atoms with Crippen LogP contribution in [-0.2, 0) is 18.8 Å². The second-order valence-corrected chi connectivity index (χ2v) is 12.2. The van der Waals surface area contributed by atoms with E-state index < -0.39 is 36.1 Å². The number of ether oxygens (including phenoxy) is 2. The van der Waals surface area contributed by atoms with E-state index in [2.05, 4.69) is 15.3 Å². The van der Waals surface area contributed by atoms with Gasteiger partial charge < -0.3 is 29.0 Å². The van der Waals surface area contributed by atoms with Crippen LogP contribution >= 0.6 is 0 Å². The Morgan fingerprint density at radius 3 is 2.27 bits per heavy atom. The van der Waals surface area contributed by atoms with E-state index in [0.717, 1.165) is 19.3 Å². The van der Waals surface area contributed by atoms with Gasteiger partial charge in [-0.1, -0.05) is 13.8 Å². The molecule has 0 aliphatic carbocycles. The van der Waals surface area contributed by atoms with Crippen molar-refractivity contribution in [1.29, 1.82) is 0 Å². The Bertz CT molecular complexity index is 931. The predicted octanol–water partition coefficient (Wildman–Crippen LogP) is 3.09. The molecule has 2 aliphatic rings. The highest BCUT2D eigenvalue weighted by Gasteiger charge is 2.52. The molecule has 10 nitrogen and oxygen atoms in total. The lowest BCUT2D eigenvalue weighted by atomic mass is 9.81. The molecule has 2 amide bonds. The Kier molecular flexibility index (Phi) is 8.79. The topological polar surface area (TPSA) is 112 Å². The van der Waals surface area contributed by atoms with Crippen LogP contribution in [-0.4, -0.2) is 76.0 Å². The number of likely N-dealkylation sites (tertiary alicyclic amines) is 1. The lowest BCUT2D eigenvalue weighted by Gasteiger charge is -2.38. The molecule has 0 bridgehead atoms. The van der Waals surface area contributed by atoms with Crippen molar-refractivity contribution in [3.63, 3.8) is 0 Å². The number of nitrogens with zero attached hydrogens (tertiary/aromatic N) is 3. The van der Waals surface area contributed by atoms with Crippen LogP contribution in [0.3, 0.4) is 0 Å². The molecule has 0 saturated carbocycles. The predicted molar refractivity (Wildman–Crippen MR) is 141 cm³/mol. The zero-order valence-corrected chi connectivity index (χ0v) is 23.8. The van der Waals surface area contributed by atoms with Crippen molar-refractivity contribution < 1.29 is 28.4 Å². The molecule has 11 heteroatoms. The molecular weight excluding hydrogens is 475 g/mol. The number of carbonyl (C=O) groups is 2. The summed E-state index contributed by atoms with van der Waals surface area (Å²) >= 11 is 0. The average Bonchev–Trinajstić information content (AvgIpc) is 3.01. The number of alkyl carbamates (subject to hydrolysis) is 1. The first-order valence-corrected chi connectivity index (χ1v) is 13.2. The minimum Gasteiger partial charge on any atom is -0.461 e. The fraction of sp³-hybridized carbons (Fsp3) is 0.769. The molecule has 0 spiro atoms. The van der Waals surface area contributed by atoms with Gasteiger partial charge >= 0.3 is 19.2 Å². The average molecular weight is 518 g/mol. The van der Waals surface area contributed by atoms with Crippen LogP contribution in [0.1, 0.15) is 81.6 Å². The Morgan fingerprint density at radius 2 is 1.73 bits per heavy atom. The second-order valence-electron chi connectivity index (χ2n) is 12.2. The molecule has 37 heavy (non-hydrogen) atoms. The molecule has 2 atom stereocenters. The summed E-state index contributed by atoms with van der Waals surface area (Å²) in [4.78, 5) is 36.4. The monoisotopic (exact) mass is 518 g/mol. The first kappa shape index (κ1) is 29.2. The van der Waals surface area contributed by atoms with E-state index in [4.69, 9.17) is 18.8 Å². The number of hydrogen-bond donors (Lipinski definition) is 1. The summed E-state index contributed by atoms with van der Waals surface area (Å²) in [7, 11) is -0.545. The lowest BCUT2D eigenvalue weighted by Crippen LogP contribution is -2.56. The van der Waals surface area contributed by atoms with Gasteiger partial charge in [-0.2, -0.15) is 0 Å². The number of hydrogen-bond acceptors (Lipinski definition) is 8. The standard InChI is InChI=1S/C26H43BN4O6/c1-17(2)20(30-23(33)35-24(3,4)5)21(32)31-13-11-10-12-19(31)16-34-22-28-14-18(15-29-22)27-36-25(6,7)26(8,9)37-27/h14-15,17,19-20H,10-13,16H2,1-9H3,(H,30,33)/t19-,20+/m0/s1. The van der Waals surface area contributed by atoms with Crippen LogP contribution in [0.2, 0.25) is 0 Å². The van der Waals surface area contributed by atoms with Crippen LogP contribution in [0.25, 0.3) is 0 Å². The molecule has 206 valence electrons. The van der Waals surface area contributed by atoms with Gasteiger partial charge in [-0.05, 0) is 73.6 Å². The van der Waals surface area contributed by atoms with Crippen molar-refractivity contribution in [3.8, 4) is 6.01 Å². The quantitative estimate of drug-likeness (QED) is 0.549. The Morgan fingerprint density at radius 1 is 1.14 bits per heavy atom. The van der Waals surface area contributed by atoms with Gasteiger partial charge in [-0.25, -0.2) is 14.8 Å². The fourth-order valence-electron chi connectivity index (χ4n) is 4.26. The zero-order valence-electron chi connectivity index (χ0n) is 23.8. The van der Waals surface area contributed by atoms with E-state index in [1.165, 1.54) is 0 Å². The molecule has 0 radical (unpaired) electrons. The molecule has 0 aromatic carbocycles. The number of nitrogens with one attached hydrogen (secondary N) is 1. The summed E-state index contributed by atoms with van der Waals surface area (Å²) in [5.41, 5.74) is -0.825. The van der Waals surface area contributed by atoms with Crippen LogP contribution in [0.5, 0.6) is 6.01 Å². The van der Waals surface area contributed by atoms with Gasteiger partial charge in [0.25, 0.3) is 0 Å². The minimum atomic E-state index is -0.689. The Balaban J connectivity index is 1.62. The van der Waals surface area contributed by atoms with Gasteiger partial charge in [-0.15, -0.1) is 0 Å². The van der Waals surface area contributed by atoms with E-state index >= 15 is 0 Å². The lowest BCUT2D eigenvalue weighted by molar-refractivity contribution is -0.139. The number of piperidine rings is 1. The second kappa shape index (κ2) is 11.1. The smallest absolute Gasteiger partial charge is 0.461 e. The Hall–Kier alpha value is -2.40. The zero-order chi connectivity index (χ0) is 27.6. The van der Waals surface area contributed by atoms with E-state index in [0.29, 0.717) is 12.0 Å². The van der Waals surface area contributed by atoms with Crippen molar-refractivity contribution in [3.05, 3.63) is 12.4 Å². The van der Waals surface area contributed by atoms with Crippen molar-refractivity contribution in [2.45, 2.75) is 110 Å². The summed E-state index contributed by atoms with van der Waals surface area (Å²) in [5.74, 6) is -0.236. The van der Waals surface area contributed by atoms with Crippen molar-refractivity contribution in [1.82, 2.24) is 20.2 Å². The summed E-state index contributed by atoms with van der Waals surface area (Å²) < 4.78 is 23.4. The minimum absolute atomic E-state index is 0.102. The van der Waals surface area contributed by atoms with E-state index in [1.54, 1.807) is 33.2 Å². The van der Waals surface area contributed by atoms with Crippen molar-refractivity contribution in [2.75, 3.05) is 13.2 Å². The van der Waals surface area contributed by atoms with E-state index in [9.17, 15) is 9.59 Å². The third kappa shape index (κ3) is 7.34. The maximum absolute atomic E-state index is 13.5. The summed E-state index contributed by atoms with van der Waals surface area (Å²) in [6.07, 6.45) is 5.39. The molecule has 2 aliphatic heterocycles. The SMILES string of the molecule is CC(C)[C@@H](NC(=O)OC(C)(C)C)C(=O)N1CCCC[C@H]1COc1ncc(B2OC(C)(C)C(C)(C)O2)cn1. The van der Waals surface area contributed by atoms with Crippen LogP contribution in [0.4, 0.5) is 4.79 Å². The molecule has 1 aromatic rings. The molecule has 3 rings (SSSR count). The van der Waals surface area contributed by atoms with E-state index in [-0.39, 0.29) is 30.5 Å². The van der Waals surface area contributed by atoms with Crippen LogP contribution in [0, 0.1) is 5.92 Å². The number of aromatic nitrogens is 2. The summed E-state index contributed by atoms with van der Waals surface area (Å²) in [5, 5.41) is 2.77. The maximum Gasteiger partial charge on any atom is 0.498 e. The van der Waals surface area contributed by atoms with Gasteiger partial charge in [0, 0.05) is 24.4 Å². The number of amides is 2. The highest BCUT2D eigenvalue weighted by atomic mass is 16.7. The highest BCUT2D eigenvalue weighted by molar-refractivity contribution is 6.61. The molecule has 1 N–H and O–H groups in total. The van der Waals surface area contributed by atoms with Crippen molar-refractivity contribution in [2.24, 2.45) is 5.92 Å². The molecular formula is C26H43BN4O6. The largest absolute Gasteiger partial charge is 0.498 e. The number of rotatable bonds is 7. The summed E-state index contributed by atoms with van der Waals surface area (Å²) in [6.45, 7) is 18.0. The molecule has 2 saturated heterocycles. The van der Waals surface area contributed by atoms with Gasteiger partial charge in [0.15, 0.2) is 0 Å². The van der Waals surface area contributed by atoms with Gasteiger partial charge in [-0.3, -0.25) is 4.79 Å². The maximum atomic E-state index is 13.5. The Labute approximate surface area is 221 Å². The molecule has 0 unspecified atom stereocenters. The van der Waals surface area contributed by atoms with Crippen LogP contribution < -0.4 is 15.5 Å². The first-order chi connectivity index (χ1) is 17.1. The van der Waals surface area contributed by atoms with Gasteiger partial charge in [0.05, 0.1) is 17.2 Å².